The van der Waals surface area contributed by atoms with Crippen molar-refractivity contribution in [1.29, 1.82) is 0 Å². The molecule has 0 bridgehead atoms. The molecule has 0 saturated carbocycles. The maximum atomic E-state index is 11.4. The van der Waals surface area contributed by atoms with Gasteiger partial charge < -0.3 is 14.9 Å². The van der Waals surface area contributed by atoms with E-state index in [1.807, 2.05) is 0 Å². The van der Waals surface area contributed by atoms with Gasteiger partial charge in [-0.1, -0.05) is 58.6 Å². The second-order valence-electron chi connectivity index (χ2n) is 9.95. The van der Waals surface area contributed by atoms with Crippen LogP contribution in [0.15, 0.2) is 23.8 Å². The number of fused-ring (bicyclic) bond motifs is 3. The summed E-state index contributed by atoms with van der Waals surface area (Å²) in [4.78, 5) is 0. The van der Waals surface area contributed by atoms with Gasteiger partial charge in [0, 0.05) is 23.0 Å². The summed E-state index contributed by atoms with van der Waals surface area (Å²) in [6, 6.07) is 4.13. The number of rotatable bonds is 7. The van der Waals surface area contributed by atoms with Crippen LogP contribution in [0, 0.1) is 5.92 Å². The predicted molar refractivity (Wildman–Crippen MR) is 115 cm³/mol. The third kappa shape index (κ3) is 3.96. The van der Waals surface area contributed by atoms with E-state index in [9.17, 15) is 10.2 Å². The maximum Gasteiger partial charge on any atom is 0.127 e. The molecule has 3 heteroatoms. The van der Waals surface area contributed by atoms with E-state index < -0.39 is 0 Å². The third-order valence-corrected chi connectivity index (χ3v) is 7.03. The molecule has 3 nitrogen and oxygen atoms in total. The standard InChI is InChI=1S/C25H38O3/c1-6-7-8-9-14-24(2,3)20-12-13-21-22(23(20)27)18-15-17(16-26)10-11-19(18)25(4,5)28-21/h10,12-13,18-19,26-27H,6-9,11,14-16H2,1-5H3/t18-,19-/m1/s1. The summed E-state index contributed by atoms with van der Waals surface area (Å²) >= 11 is 0. The molecular weight excluding hydrogens is 348 g/mol. The summed E-state index contributed by atoms with van der Waals surface area (Å²) in [5.41, 5.74) is 2.72. The highest BCUT2D eigenvalue weighted by atomic mass is 16.5. The SMILES string of the molecule is CCCCCCC(C)(C)c1ccc2c(c1O)[C@@H]1CC(CO)=CC[C@H]1C(C)(C)O2. The van der Waals surface area contributed by atoms with E-state index in [-0.39, 0.29) is 23.5 Å². The van der Waals surface area contributed by atoms with Gasteiger partial charge in [0.15, 0.2) is 0 Å². The second kappa shape index (κ2) is 8.10. The largest absolute Gasteiger partial charge is 0.507 e. The lowest BCUT2D eigenvalue weighted by Crippen LogP contribution is -2.45. The van der Waals surface area contributed by atoms with Crippen molar-refractivity contribution in [3.63, 3.8) is 0 Å². The Bertz CT molecular complexity index is 730. The van der Waals surface area contributed by atoms with E-state index >= 15 is 0 Å². The Morgan fingerprint density at radius 3 is 2.61 bits per heavy atom. The number of aliphatic hydroxyl groups excluding tert-OH is 1. The Labute approximate surface area is 170 Å². The number of unbranched alkanes of at least 4 members (excludes halogenated alkanes) is 3. The summed E-state index contributed by atoms with van der Waals surface area (Å²) in [6.07, 6.45) is 9.86. The fourth-order valence-electron chi connectivity index (χ4n) is 5.24. The molecule has 1 aromatic rings. The molecule has 0 fully saturated rings. The van der Waals surface area contributed by atoms with Crippen LogP contribution >= 0.6 is 0 Å². The van der Waals surface area contributed by atoms with Crippen LogP contribution in [-0.2, 0) is 5.41 Å². The van der Waals surface area contributed by atoms with E-state index in [1.165, 1.54) is 25.7 Å². The first-order valence-corrected chi connectivity index (χ1v) is 11.1. The summed E-state index contributed by atoms with van der Waals surface area (Å²) in [6.45, 7) is 11.1. The lowest BCUT2D eigenvalue weighted by Gasteiger charge is -2.47. The van der Waals surface area contributed by atoms with Gasteiger partial charge in [-0.15, -0.1) is 0 Å². The Balaban J connectivity index is 1.96. The van der Waals surface area contributed by atoms with Crippen molar-refractivity contribution in [2.75, 3.05) is 6.61 Å². The molecule has 2 atom stereocenters. The van der Waals surface area contributed by atoms with Crippen molar-refractivity contribution >= 4 is 0 Å². The molecule has 1 aliphatic carbocycles. The molecule has 1 heterocycles. The highest BCUT2D eigenvalue weighted by molar-refractivity contribution is 5.56. The van der Waals surface area contributed by atoms with Gasteiger partial charge in [0.2, 0.25) is 0 Å². The first-order valence-electron chi connectivity index (χ1n) is 11.1. The average molecular weight is 387 g/mol. The summed E-state index contributed by atoms with van der Waals surface area (Å²) in [5, 5.41) is 21.1. The smallest absolute Gasteiger partial charge is 0.127 e. The van der Waals surface area contributed by atoms with Gasteiger partial charge in [0.05, 0.1) is 6.61 Å². The third-order valence-electron chi connectivity index (χ3n) is 7.03. The lowest BCUT2D eigenvalue weighted by atomic mass is 9.66. The van der Waals surface area contributed by atoms with E-state index in [0.717, 1.165) is 41.7 Å². The molecule has 2 N–H and O–H groups in total. The van der Waals surface area contributed by atoms with E-state index in [2.05, 4.69) is 52.8 Å². The van der Waals surface area contributed by atoms with Gasteiger partial charge in [-0.2, -0.15) is 0 Å². The summed E-state index contributed by atoms with van der Waals surface area (Å²) in [7, 11) is 0. The van der Waals surface area contributed by atoms with Crippen LogP contribution in [-0.4, -0.2) is 22.4 Å². The first-order chi connectivity index (χ1) is 13.2. The van der Waals surface area contributed by atoms with E-state index in [4.69, 9.17) is 4.74 Å². The molecule has 0 saturated heterocycles. The minimum atomic E-state index is -0.279. The zero-order chi connectivity index (χ0) is 20.5. The van der Waals surface area contributed by atoms with Gasteiger partial charge in [-0.25, -0.2) is 0 Å². The molecule has 0 aromatic heterocycles. The predicted octanol–water partition coefficient (Wildman–Crippen LogP) is 6.22. The van der Waals surface area contributed by atoms with Crippen LogP contribution < -0.4 is 4.74 Å². The van der Waals surface area contributed by atoms with Gasteiger partial charge in [0.1, 0.15) is 17.1 Å². The highest BCUT2D eigenvalue weighted by Gasteiger charge is 2.46. The van der Waals surface area contributed by atoms with Crippen LogP contribution in [0.4, 0.5) is 0 Å². The van der Waals surface area contributed by atoms with Gasteiger partial charge in [-0.3, -0.25) is 0 Å². The van der Waals surface area contributed by atoms with Crippen LogP contribution in [0.3, 0.4) is 0 Å². The fraction of sp³-hybridized carbons (Fsp3) is 0.680. The molecule has 0 amide bonds. The molecule has 0 radical (unpaired) electrons. The summed E-state index contributed by atoms with van der Waals surface area (Å²) < 4.78 is 6.37. The lowest BCUT2D eigenvalue weighted by molar-refractivity contribution is 0.00667. The second-order valence-corrected chi connectivity index (χ2v) is 9.95. The first kappa shape index (κ1) is 21.2. The Morgan fingerprint density at radius 1 is 1.18 bits per heavy atom. The Morgan fingerprint density at radius 2 is 1.93 bits per heavy atom. The van der Waals surface area contributed by atoms with Gasteiger partial charge in [-0.05, 0) is 50.2 Å². The highest BCUT2D eigenvalue weighted by Crippen LogP contribution is 2.55. The van der Waals surface area contributed by atoms with Crippen LogP contribution in [0.5, 0.6) is 11.5 Å². The quantitative estimate of drug-likeness (QED) is 0.432. The normalized spacial score (nSPS) is 23.4. The molecule has 1 aromatic carbocycles. The van der Waals surface area contributed by atoms with E-state index in [0.29, 0.717) is 11.7 Å². The number of aromatic hydroxyl groups is 1. The van der Waals surface area contributed by atoms with Crippen molar-refractivity contribution in [1.82, 2.24) is 0 Å². The molecule has 156 valence electrons. The number of phenolic OH excluding ortho intramolecular Hbond substituents is 1. The Kier molecular flexibility index (Phi) is 6.14. The number of phenols is 1. The number of allylic oxidation sites excluding steroid dienone is 1. The van der Waals surface area contributed by atoms with Crippen LogP contribution in [0.1, 0.15) is 96.6 Å². The van der Waals surface area contributed by atoms with Crippen molar-refractivity contribution in [2.24, 2.45) is 5.92 Å². The molecule has 2 aliphatic rings. The fourth-order valence-corrected chi connectivity index (χ4v) is 5.24. The van der Waals surface area contributed by atoms with Crippen molar-refractivity contribution in [3.8, 4) is 11.5 Å². The number of ether oxygens (including phenoxy) is 1. The molecular formula is C25H38O3. The van der Waals surface area contributed by atoms with Crippen molar-refractivity contribution in [3.05, 3.63) is 34.9 Å². The molecule has 1 aliphatic heterocycles. The average Bonchev–Trinajstić information content (AvgIpc) is 2.64. The number of benzene rings is 1. The van der Waals surface area contributed by atoms with Crippen molar-refractivity contribution < 1.29 is 14.9 Å². The van der Waals surface area contributed by atoms with Gasteiger partial charge >= 0.3 is 0 Å². The van der Waals surface area contributed by atoms with E-state index in [1.54, 1.807) is 0 Å². The minimum absolute atomic E-state index is 0.0698. The molecule has 0 spiro atoms. The van der Waals surface area contributed by atoms with Crippen molar-refractivity contribution in [2.45, 2.75) is 96.5 Å². The number of aliphatic hydroxyl groups is 1. The number of hydrogen-bond acceptors (Lipinski definition) is 3. The van der Waals surface area contributed by atoms with Crippen LogP contribution in [0.25, 0.3) is 0 Å². The number of hydrogen-bond donors (Lipinski definition) is 2. The minimum Gasteiger partial charge on any atom is -0.507 e. The molecule has 28 heavy (non-hydrogen) atoms. The topological polar surface area (TPSA) is 49.7 Å². The summed E-state index contributed by atoms with van der Waals surface area (Å²) in [5.74, 6) is 1.74. The molecule has 0 unspecified atom stereocenters. The monoisotopic (exact) mass is 386 g/mol. The Hall–Kier alpha value is -1.48. The van der Waals surface area contributed by atoms with Gasteiger partial charge in [0.25, 0.3) is 0 Å². The zero-order valence-corrected chi connectivity index (χ0v) is 18.3. The van der Waals surface area contributed by atoms with Crippen LogP contribution in [0.2, 0.25) is 0 Å². The zero-order valence-electron chi connectivity index (χ0n) is 18.3. The maximum absolute atomic E-state index is 11.4. The molecule has 3 rings (SSSR count).